The van der Waals surface area contributed by atoms with Gasteiger partial charge in [0, 0.05) is 19.0 Å². The quantitative estimate of drug-likeness (QED) is 0.639. The number of nitriles is 1. The highest BCUT2D eigenvalue weighted by atomic mass is 14.9. The number of nitrogens with zero attached hydrogens (tertiary/aromatic N) is 3. The standard InChI is InChI=1S/C17H20N4/c1-5-19-13(3)17(20-6-2)14(4)21-12-16-9-7-8-15(10-16)11-18/h5-10,21H,4,12H2,1-3H3/b17-13+,19-5?,20-6?. The van der Waals surface area contributed by atoms with E-state index in [-0.39, 0.29) is 0 Å². The number of nitrogens with one attached hydrogen (secondary N) is 1. The summed E-state index contributed by atoms with van der Waals surface area (Å²) in [5, 5.41) is 12.1. The summed E-state index contributed by atoms with van der Waals surface area (Å²) < 4.78 is 0. The topological polar surface area (TPSA) is 60.5 Å². The van der Waals surface area contributed by atoms with Gasteiger partial charge < -0.3 is 5.32 Å². The molecule has 0 aliphatic carbocycles. The van der Waals surface area contributed by atoms with Gasteiger partial charge in [0.05, 0.1) is 23.0 Å². The van der Waals surface area contributed by atoms with Gasteiger partial charge in [-0.05, 0) is 38.5 Å². The molecule has 108 valence electrons. The van der Waals surface area contributed by atoms with Gasteiger partial charge in [0.1, 0.15) is 5.70 Å². The number of aliphatic imine (C=N–C) groups is 2. The van der Waals surface area contributed by atoms with Crippen LogP contribution in [0.5, 0.6) is 0 Å². The van der Waals surface area contributed by atoms with Crippen LogP contribution >= 0.6 is 0 Å². The highest BCUT2D eigenvalue weighted by Gasteiger charge is 2.05. The van der Waals surface area contributed by atoms with Crippen LogP contribution in [0.4, 0.5) is 0 Å². The minimum Gasteiger partial charge on any atom is -0.380 e. The van der Waals surface area contributed by atoms with Gasteiger partial charge in [-0.25, -0.2) is 0 Å². The first-order valence-electron chi connectivity index (χ1n) is 6.72. The van der Waals surface area contributed by atoms with Crippen molar-refractivity contribution in [3.05, 3.63) is 59.1 Å². The first-order valence-corrected chi connectivity index (χ1v) is 6.72. The van der Waals surface area contributed by atoms with E-state index in [2.05, 4.69) is 27.9 Å². The third kappa shape index (κ3) is 5.07. The Hall–Kier alpha value is -2.67. The van der Waals surface area contributed by atoms with Crippen LogP contribution in [0, 0.1) is 11.3 Å². The second-order valence-corrected chi connectivity index (χ2v) is 4.35. The van der Waals surface area contributed by atoms with Gasteiger partial charge in [-0.1, -0.05) is 18.7 Å². The Morgan fingerprint density at radius 2 is 2.05 bits per heavy atom. The predicted octanol–water partition coefficient (Wildman–Crippen LogP) is 3.57. The number of allylic oxidation sites excluding steroid dienone is 1. The Morgan fingerprint density at radius 3 is 2.67 bits per heavy atom. The predicted molar refractivity (Wildman–Crippen MR) is 88.2 cm³/mol. The van der Waals surface area contributed by atoms with Gasteiger partial charge in [-0.15, -0.1) is 0 Å². The van der Waals surface area contributed by atoms with Crippen LogP contribution in [0.3, 0.4) is 0 Å². The Bertz CT molecular complexity index is 630. The smallest absolute Gasteiger partial charge is 0.106 e. The molecular formula is C17H20N4. The molecule has 0 saturated carbocycles. The average Bonchev–Trinajstić information content (AvgIpc) is 2.50. The maximum atomic E-state index is 8.90. The van der Waals surface area contributed by atoms with Crippen molar-refractivity contribution in [2.45, 2.75) is 27.3 Å². The van der Waals surface area contributed by atoms with E-state index in [0.717, 1.165) is 17.0 Å². The third-order valence-electron chi connectivity index (χ3n) is 2.77. The van der Waals surface area contributed by atoms with Gasteiger partial charge in [0.2, 0.25) is 0 Å². The lowest BCUT2D eigenvalue weighted by Gasteiger charge is -2.11. The Morgan fingerprint density at radius 1 is 1.33 bits per heavy atom. The van der Waals surface area contributed by atoms with Crippen LogP contribution in [-0.2, 0) is 6.54 Å². The molecule has 0 atom stereocenters. The number of hydrogen-bond acceptors (Lipinski definition) is 4. The highest BCUT2D eigenvalue weighted by molar-refractivity contribution is 5.59. The Labute approximate surface area is 126 Å². The summed E-state index contributed by atoms with van der Waals surface area (Å²) in [6.07, 6.45) is 3.44. The van der Waals surface area contributed by atoms with Crippen molar-refractivity contribution in [1.82, 2.24) is 5.32 Å². The van der Waals surface area contributed by atoms with Crippen LogP contribution < -0.4 is 5.32 Å². The second kappa shape index (κ2) is 8.49. The molecule has 0 unspecified atom stereocenters. The van der Waals surface area contributed by atoms with Crippen molar-refractivity contribution in [2.24, 2.45) is 9.98 Å². The van der Waals surface area contributed by atoms with Gasteiger partial charge in [-0.2, -0.15) is 5.26 Å². The SMILES string of the molecule is C=C(NCc1cccc(C#N)c1)/C(N=CC)=C(/C)N=CC. The Kier molecular flexibility index (Phi) is 6.62. The average molecular weight is 280 g/mol. The second-order valence-electron chi connectivity index (χ2n) is 4.35. The van der Waals surface area contributed by atoms with Gasteiger partial charge in [-0.3, -0.25) is 9.98 Å². The number of hydrogen-bond donors (Lipinski definition) is 1. The largest absolute Gasteiger partial charge is 0.380 e. The zero-order valence-electron chi connectivity index (χ0n) is 12.7. The monoisotopic (exact) mass is 280 g/mol. The van der Waals surface area contributed by atoms with E-state index in [1.54, 1.807) is 18.5 Å². The molecule has 0 amide bonds. The van der Waals surface area contributed by atoms with Crippen LogP contribution in [0.2, 0.25) is 0 Å². The fourth-order valence-electron chi connectivity index (χ4n) is 1.82. The maximum absolute atomic E-state index is 8.90. The first-order chi connectivity index (χ1) is 10.1. The zero-order valence-corrected chi connectivity index (χ0v) is 12.7. The zero-order chi connectivity index (χ0) is 15.7. The summed E-state index contributed by atoms with van der Waals surface area (Å²) in [6.45, 7) is 10.2. The number of benzene rings is 1. The molecule has 0 heterocycles. The molecule has 0 saturated heterocycles. The van der Waals surface area contributed by atoms with Crippen LogP contribution in [0.1, 0.15) is 31.9 Å². The summed E-state index contributed by atoms with van der Waals surface area (Å²) in [7, 11) is 0. The lowest BCUT2D eigenvalue weighted by molar-refractivity contribution is 0.815. The molecule has 0 bridgehead atoms. The fraction of sp³-hybridized carbons (Fsp3) is 0.235. The highest BCUT2D eigenvalue weighted by Crippen LogP contribution is 2.14. The first kappa shape index (κ1) is 16.4. The minimum absolute atomic E-state index is 0.584. The summed E-state index contributed by atoms with van der Waals surface area (Å²) >= 11 is 0. The molecule has 1 aromatic rings. The van der Waals surface area contributed by atoms with E-state index >= 15 is 0 Å². The lowest BCUT2D eigenvalue weighted by Crippen LogP contribution is -2.14. The van der Waals surface area contributed by atoms with Crippen LogP contribution in [0.15, 0.2) is 57.9 Å². The van der Waals surface area contributed by atoms with Gasteiger partial charge in [0.25, 0.3) is 0 Å². The molecule has 1 aromatic carbocycles. The molecule has 0 aliphatic heterocycles. The molecule has 4 nitrogen and oxygen atoms in total. The summed E-state index contributed by atoms with van der Waals surface area (Å²) in [5.74, 6) is 0. The molecule has 1 N–H and O–H groups in total. The van der Waals surface area contributed by atoms with Crippen molar-refractivity contribution in [3.8, 4) is 6.07 Å². The number of rotatable bonds is 6. The summed E-state index contributed by atoms with van der Waals surface area (Å²) in [6, 6.07) is 9.59. The van der Waals surface area contributed by atoms with Gasteiger partial charge in [0.15, 0.2) is 0 Å². The molecule has 0 spiro atoms. The van der Waals surface area contributed by atoms with Crippen molar-refractivity contribution < 1.29 is 0 Å². The van der Waals surface area contributed by atoms with Crippen molar-refractivity contribution in [3.63, 3.8) is 0 Å². The fourth-order valence-corrected chi connectivity index (χ4v) is 1.82. The molecule has 1 rings (SSSR count). The van der Waals surface area contributed by atoms with Crippen molar-refractivity contribution in [2.75, 3.05) is 0 Å². The van der Waals surface area contributed by atoms with Crippen LogP contribution in [0.25, 0.3) is 0 Å². The Balaban J connectivity index is 2.84. The van der Waals surface area contributed by atoms with E-state index in [9.17, 15) is 0 Å². The van der Waals surface area contributed by atoms with Crippen LogP contribution in [-0.4, -0.2) is 12.4 Å². The molecule has 0 fully saturated rings. The van der Waals surface area contributed by atoms with E-state index in [4.69, 9.17) is 5.26 Å². The molecule has 4 heteroatoms. The third-order valence-corrected chi connectivity index (χ3v) is 2.77. The molecule has 0 aromatic heterocycles. The summed E-state index contributed by atoms with van der Waals surface area (Å²) in [5.41, 5.74) is 3.91. The van der Waals surface area contributed by atoms with Crippen molar-refractivity contribution >= 4 is 12.4 Å². The molecular weight excluding hydrogens is 260 g/mol. The molecule has 21 heavy (non-hydrogen) atoms. The minimum atomic E-state index is 0.584. The maximum Gasteiger partial charge on any atom is 0.106 e. The summed E-state index contributed by atoms with van der Waals surface area (Å²) in [4.78, 5) is 8.56. The van der Waals surface area contributed by atoms with Crippen molar-refractivity contribution in [1.29, 1.82) is 5.26 Å². The van der Waals surface area contributed by atoms with E-state index in [1.165, 1.54) is 0 Å². The lowest BCUT2D eigenvalue weighted by atomic mass is 10.1. The van der Waals surface area contributed by atoms with E-state index < -0.39 is 0 Å². The van der Waals surface area contributed by atoms with Gasteiger partial charge >= 0.3 is 0 Å². The normalized spacial score (nSPS) is 12.3. The van der Waals surface area contributed by atoms with E-state index in [0.29, 0.717) is 17.8 Å². The van der Waals surface area contributed by atoms with E-state index in [1.807, 2.05) is 39.0 Å². The molecule has 0 aliphatic rings. The molecule has 0 radical (unpaired) electrons.